The lowest BCUT2D eigenvalue weighted by Crippen LogP contribution is -2.57. The molecule has 0 aliphatic rings. The number of alkyl halides is 6. The summed E-state index contributed by atoms with van der Waals surface area (Å²) in [6, 6.07) is 0. The van der Waals surface area contributed by atoms with Crippen molar-refractivity contribution in [3.8, 4) is 0 Å². The van der Waals surface area contributed by atoms with Gasteiger partial charge in [-0.25, -0.2) is 9.55 Å². The van der Waals surface area contributed by atoms with Crippen molar-refractivity contribution in [1.29, 1.82) is 0 Å². The first-order valence-corrected chi connectivity index (χ1v) is 12.2. The molecule has 1 N–H and O–H groups in total. The monoisotopic (exact) mass is 547 g/mol. The van der Waals surface area contributed by atoms with Gasteiger partial charge in [-0.15, -0.1) is 0 Å². The number of hydrogen-bond donors (Lipinski definition) is 1. The quantitative estimate of drug-likeness (QED) is 0.124. The first-order chi connectivity index (χ1) is 15.3. The third-order valence-corrected chi connectivity index (χ3v) is 8.09. The molecule has 1 atom stereocenters. The summed E-state index contributed by atoms with van der Waals surface area (Å²) in [6.07, 6.45) is 3.73. The van der Waals surface area contributed by atoms with E-state index in [1.807, 2.05) is 0 Å². The van der Waals surface area contributed by atoms with E-state index in [0.717, 1.165) is 10.8 Å². The van der Waals surface area contributed by atoms with E-state index in [0.29, 0.717) is 26.9 Å². The van der Waals surface area contributed by atoms with Crippen molar-refractivity contribution in [2.24, 2.45) is 7.05 Å². The number of aryl methyl sites for hydroxylation is 1. The third-order valence-electron chi connectivity index (χ3n) is 4.54. The van der Waals surface area contributed by atoms with Gasteiger partial charge in [0, 0.05) is 0 Å². The standard InChI is InChI=1S/C16H22F6N3O7S2/c1-5-6-7-10-32-13(26)14(2,11-23-8-9-24(11)3)12(31-4)25(33(27,28)15(17,18)19)34(29,30)16(20,21)22/h8-9H,5-7,10H2,1-4H3/q+1/p+1. The number of rotatable bonds is 9. The molecule has 0 amide bonds. The fourth-order valence-corrected chi connectivity index (χ4v) is 5.71. The molecule has 0 saturated carbocycles. The second-order valence-corrected chi connectivity index (χ2v) is 10.8. The van der Waals surface area contributed by atoms with Crippen LogP contribution in [0, 0.1) is 0 Å². The molecule has 196 valence electrons. The van der Waals surface area contributed by atoms with Crippen LogP contribution in [0.1, 0.15) is 38.9 Å². The molecule has 0 fully saturated rings. The number of hydrogen-bond acceptors (Lipinski definition) is 7. The van der Waals surface area contributed by atoms with Crippen molar-refractivity contribution in [3.05, 3.63) is 18.2 Å². The van der Waals surface area contributed by atoms with Crippen molar-refractivity contribution >= 4 is 31.9 Å². The summed E-state index contributed by atoms with van der Waals surface area (Å²) in [4.78, 5) is 15.4. The Morgan fingerprint density at radius 2 is 1.56 bits per heavy atom. The Labute approximate surface area is 191 Å². The summed E-state index contributed by atoms with van der Waals surface area (Å²) < 4.78 is 137. The molecule has 0 aromatic carbocycles. The van der Waals surface area contributed by atoms with Crippen LogP contribution in [0.3, 0.4) is 0 Å². The van der Waals surface area contributed by atoms with Crippen LogP contribution >= 0.6 is 0 Å². The number of methoxy groups -OCH3 is 1. The number of carbonyl (C=O) groups is 1. The number of imidazole rings is 1. The molecule has 1 aromatic heterocycles. The van der Waals surface area contributed by atoms with Gasteiger partial charge in [0.05, 0.1) is 24.2 Å². The van der Waals surface area contributed by atoms with Crippen molar-refractivity contribution in [1.82, 2.24) is 4.98 Å². The fraction of sp³-hybridized carbons (Fsp3) is 0.688. The Kier molecular flexibility index (Phi) is 8.80. The number of sulfonamides is 2. The molecular formula is C16H23F6N3O7S2+2. The highest BCUT2D eigenvalue weighted by atomic mass is 32.3. The van der Waals surface area contributed by atoms with Crippen LogP contribution in [0.15, 0.2) is 12.4 Å². The lowest BCUT2D eigenvalue weighted by Gasteiger charge is -2.22. The van der Waals surface area contributed by atoms with E-state index in [4.69, 9.17) is 4.74 Å². The van der Waals surface area contributed by atoms with Crippen molar-refractivity contribution in [2.45, 2.75) is 49.5 Å². The van der Waals surface area contributed by atoms with Crippen LogP contribution < -0.4 is 4.57 Å². The largest absolute Gasteiger partial charge is 0.561 e. The molecule has 18 heteroatoms. The number of nitrogens with zero attached hydrogens (tertiary/aromatic N) is 2. The number of halogens is 6. The van der Waals surface area contributed by atoms with E-state index in [2.05, 4.69) is 9.72 Å². The third kappa shape index (κ3) is 5.31. The maximum Gasteiger partial charge on any atom is 0.561 e. The molecule has 0 radical (unpaired) electrons. The van der Waals surface area contributed by atoms with Crippen molar-refractivity contribution < 1.29 is 65.4 Å². The smallest absolute Gasteiger partial charge is 0.464 e. The molecule has 1 unspecified atom stereocenters. The Hall–Kier alpha value is -2.37. The number of aromatic amines is 1. The Bertz CT molecular complexity index is 1090. The van der Waals surface area contributed by atoms with E-state index in [-0.39, 0.29) is 13.0 Å². The molecule has 1 aromatic rings. The molecule has 10 nitrogen and oxygen atoms in total. The zero-order valence-corrected chi connectivity index (χ0v) is 20.0. The van der Waals surface area contributed by atoms with Gasteiger partial charge in [-0.2, -0.15) is 43.2 Å². The van der Waals surface area contributed by atoms with Gasteiger partial charge in [-0.05, 0) is 13.3 Å². The first kappa shape index (κ1) is 29.7. The van der Waals surface area contributed by atoms with E-state index in [9.17, 15) is 48.0 Å². The summed E-state index contributed by atoms with van der Waals surface area (Å²) in [5, 5.41) is 0. The second-order valence-electron chi connectivity index (χ2n) is 7.00. The average Bonchev–Trinajstić information content (AvgIpc) is 3.12. The minimum atomic E-state index is -7.31. The maximum absolute atomic E-state index is 13.3. The lowest BCUT2D eigenvalue weighted by molar-refractivity contribution is -0.680. The number of esters is 1. The second kappa shape index (κ2) is 10.1. The van der Waals surface area contributed by atoms with Gasteiger partial charge in [0.1, 0.15) is 12.4 Å². The van der Waals surface area contributed by atoms with Gasteiger partial charge in [0.15, 0.2) is 0 Å². The van der Waals surface area contributed by atoms with Crippen LogP contribution in [-0.2, 0) is 46.8 Å². The van der Waals surface area contributed by atoms with E-state index in [1.54, 1.807) is 6.92 Å². The maximum atomic E-state index is 13.3. The Balaban J connectivity index is 4.18. The summed E-state index contributed by atoms with van der Waals surface area (Å²) in [6.45, 7) is 2.11. The molecule has 1 rings (SSSR count). The Morgan fingerprint density at radius 1 is 1.06 bits per heavy atom. The summed E-state index contributed by atoms with van der Waals surface area (Å²) >= 11 is 0. The summed E-state index contributed by atoms with van der Waals surface area (Å²) in [5.74, 6) is -4.14. The number of nitrogens with one attached hydrogen (secondary N) is 1. The Morgan fingerprint density at radius 3 is 1.91 bits per heavy atom. The van der Waals surface area contributed by atoms with Gasteiger partial charge < -0.3 is 9.47 Å². The highest BCUT2D eigenvalue weighted by molar-refractivity contribution is 7.98. The van der Waals surface area contributed by atoms with Crippen molar-refractivity contribution in [3.63, 3.8) is 0 Å². The van der Waals surface area contributed by atoms with Crippen molar-refractivity contribution in [2.75, 3.05) is 13.7 Å². The zero-order chi connectivity index (χ0) is 26.8. The molecule has 34 heavy (non-hydrogen) atoms. The topological polar surface area (TPSA) is 126 Å². The molecule has 0 aliphatic carbocycles. The van der Waals surface area contributed by atoms with Crippen LogP contribution in [0.5, 0.6) is 0 Å². The van der Waals surface area contributed by atoms with Gasteiger partial charge in [-0.1, -0.05) is 19.8 Å². The number of carbonyl (C=O) groups excluding carboxylic acids is 1. The SMILES string of the molecule is CCCCCOC(=O)C(C)(C(OC)=[N+](S(=O)(=O)C(F)(F)F)S(=O)(=O)C(F)(F)F)c1[nH]cc[n+]1C. The highest BCUT2D eigenvalue weighted by Gasteiger charge is 2.72. The lowest BCUT2D eigenvalue weighted by atomic mass is 9.89. The predicted octanol–water partition coefficient (Wildman–Crippen LogP) is 1.59. The number of aromatic nitrogens is 2. The minimum absolute atomic E-state index is 0.253. The molecule has 0 aliphatic heterocycles. The molecule has 0 spiro atoms. The summed E-state index contributed by atoms with van der Waals surface area (Å²) in [7, 11) is -13.0. The van der Waals surface area contributed by atoms with E-state index < -0.39 is 57.6 Å². The zero-order valence-electron chi connectivity index (χ0n) is 18.3. The highest BCUT2D eigenvalue weighted by Crippen LogP contribution is 2.35. The first-order valence-electron chi connectivity index (χ1n) is 9.36. The number of ether oxygens (including phenoxy) is 2. The molecule has 0 bridgehead atoms. The van der Waals surface area contributed by atoms with Crippen LogP contribution in [0.2, 0.25) is 0 Å². The van der Waals surface area contributed by atoms with Crippen LogP contribution in [0.4, 0.5) is 26.3 Å². The fourth-order valence-electron chi connectivity index (χ4n) is 2.84. The molecule has 0 saturated heterocycles. The number of unbranched alkanes of at least 4 members (excludes halogenated alkanes) is 2. The minimum Gasteiger partial charge on any atom is -0.464 e. The van der Waals surface area contributed by atoms with Gasteiger partial charge in [0.2, 0.25) is 0 Å². The van der Waals surface area contributed by atoms with Crippen LogP contribution in [0.25, 0.3) is 0 Å². The van der Waals surface area contributed by atoms with E-state index >= 15 is 0 Å². The van der Waals surface area contributed by atoms with Crippen LogP contribution in [-0.4, -0.2) is 61.8 Å². The molecule has 1 heterocycles. The normalized spacial score (nSPS) is 14.9. The van der Waals surface area contributed by atoms with Gasteiger partial charge in [-0.3, -0.25) is 4.79 Å². The predicted molar refractivity (Wildman–Crippen MR) is 102 cm³/mol. The van der Waals surface area contributed by atoms with E-state index in [1.165, 1.54) is 13.2 Å². The van der Waals surface area contributed by atoms with Gasteiger partial charge in [0.25, 0.3) is 11.2 Å². The molecular weight excluding hydrogens is 524 g/mol. The summed E-state index contributed by atoms with van der Waals surface area (Å²) in [5.41, 5.74) is -16.0. The van der Waals surface area contributed by atoms with Gasteiger partial charge >= 0.3 is 42.9 Å². The number of H-pyrrole nitrogens is 1. The average molecular weight is 547 g/mol.